The highest BCUT2D eigenvalue weighted by Crippen LogP contribution is 2.28. The molecule has 0 saturated carbocycles. The van der Waals surface area contributed by atoms with Gasteiger partial charge in [-0.25, -0.2) is 4.79 Å². The largest absolute Gasteiger partial charge is 0.480 e. The molecule has 0 aromatic rings. The summed E-state index contributed by atoms with van der Waals surface area (Å²) in [6.07, 6.45) is 3.41. The Bertz CT molecular complexity index is 586. The predicted molar refractivity (Wildman–Crippen MR) is 100 cm³/mol. The van der Waals surface area contributed by atoms with Gasteiger partial charge in [0.1, 0.15) is 17.7 Å². The highest BCUT2D eigenvalue weighted by molar-refractivity contribution is 5.99. The van der Waals surface area contributed by atoms with Crippen LogP contribution in [0.5, 0.6) is 0 Å². The molecule has 1 aliphatic rings. The molecule has 0 aliphatic carbocycles. The number of carbonyl (C=O) groups excluding carboxylic acids is 1. The Morgan fingerprint density at radius 3 is 2.23 bits per heavy atom. The van der Waals surface area contributed by atoms with Crippen molar-refractivity contribution in [2.45, 2.75) is 84.0 Å². The van der Waals surface area contributed by atoms with E-state index in [9.17, 15) is 20.0 Å². The van der Waals surface area contributed by atoms with Crippen LogP contribution in [-0.4, -0.2) is 40.1 Å². The van der Waals surface area contributed by atoms with E-state index in [0.717, 1.165) is 12.8 Å². The van der Waals surface area contributed by atoms with Gasteiger partial charge in [-0.1, -0.05) is 13.8 Å². The second-order valence-corrected chi connectivity index (χ2v) is 8.83. The molecule has 0 bridgehead atoms. The molecule has 0 aromatic heterocycles. The average molecular weight is 364 g/mol. The Morgan fingerprint density at radius 1 is 1.27 bits per heavy atom. The number of nitrogens with one attached hydrogen (secondary N) is 3. The molecule has 0 aromatic carbocycles. The molecule has 1 unspecified atom stereocenters. The Hall–Kier alpha value is -2.07. The first-order chi connectivity index (χ1) is 11.8. The van der Waals surface area contributed by atoms with Crippen molar-refractivity contribution in [3.63, 3.8) is 0 Å². The van der Waals surface area contributed by atoms with Crippen LogP contribution >= 0.6 is 0 Å². The minimum absolute atomic E-state index is 0.0615. The molecule has 1 amide bonds. The number of amides is 1. The van der Waals surface area contributed by atoms with Crippen LogP contribution in [-0.2, 0) is 9.59 Å². The highest BCUT2D eigenvalue weighted by atomic mass is 16.4. The first-order valence-electron chi connectivity index (χ1n) is 9.04. The minimum atomic E-state index is -1.10. The lowest BCUT2D eigenvalue weighted by Crippen LogP contribution is -2.61. The number of carboxylic acids is 1. The van der Waals surface area contributed by atoms with E-state index in [1.54, 1.807) is 0 Å². The molecule has 1 saturated heterocycles. The Labute approximate surface area is 156 Å². The average Bonchev–Trinajstić information content (AvgIpc) is 2.43. The Kier molecular flexibility index (Phi) is 7.22. The third-order valence-electron chi connectivity index (χ3n) is 4.33. The molecule has 1 aliphatic heterocycles. The molecular formula is C19H32N4O3. The number of piperidine rings is 1. The van der Waals surface area contributed by atoms with E-state index in [0.29, 0.717) is 6.42 Å². The van der Waals surface area contributed by atoms with Crippen LogP contribution < -0.4 is 16.0 Å². The van der Waals surface area contributed by atoms with Gasteiger partial charge in [0.25, 0.3) is 5.91 Å². The summed E-state index contributed by atoms with van der Waals surface area (Å²) in [6, 6.07) is 0.969. The number of carbonyl (C=O) groups is 2. The van der Waals surface area contributed by atoms with Crippen molar-refractivity contribution in [3.05, 3.63) is 11.8 Å². The highest BCUT2D eigenvalue weighted by Gasteiger charge is 2.37. The summed E-state index contributed by atoms with van der Waals surface area (Å²) >= 11 is 0. The van der Waals surface area contributed by atoms with Gasteiger partial charge in [-0.05, 0) is 52.9 Å². The van der Waals surface area contributed by atoms with Crippen LogP contribution in [0.2, 0.25) is 0 Å². The van der Waals surface area contributed by atoms with Gasteiger partial charge in [0.15, 0.2) is 0 Å². The van der Waals surface area contributed by atoms with Crippen molar-refractivity contribution in [2.75, 3.05) is 0 Å². The number of carboxylic acid groups (broad SMARTS) is 1. The van der Waals surface area contributed by atoms with Gasteiger partial charge in [-0.2, -0.15) is 5.26 Å². The smallest absolute Gasteiger partial charge is 0.326 e. The summed E-state index contributed by atoms with van der Waals surface area (Å²) in [6.45, 7) is 12.2. The first-order valence-corrected chi connectivity index (χ1v) is 9.04. The molecule has 4 N–H and O–H groups in total. The monoisotopic (exact) mass is 364 g/mol. The topological polar surface area (TPSA) is 114 Å². The molecule has 1 rings (SSSR count). The van der Waals surface area contributed by atoms with Gasteiger partial charge in [0, 0.05) is 23.3 Å². The fraction of sp³-hybridized carbons (Fsp3) is 0.737. The van der Waals surface area contributed by atoms with Crippen LogP contribution in [0.15, 0.2) is 11.8 Å². The van der Waals surface area contributed by atoms with Crippen molar-refractivity contribution < 1.29 is 14.7 Å². The number of rotatable bonds is 7. The number of aliphatic carboxylic acids is 1. The molecule has 0 spiro atoms. The van der Waals surface area contributed by atoms with Gasteiger partial charge in [-0.3, -0.25) is 4.79 Å². The first kappa shape index (κ1) is 22.0. The number of nitriles is 1. The SMILES string of the molecule is CC(C)CC(NC(=O)/C(C#N)=C\NC1CC(C)(C)NC(C)(C)C1)C(=O)O. The fourth-order valence-electron chi connectivity index (χ4n) is 3.72. The summed E-state index contributed by atoms with van der Waals surface area (Å²) < 4.78 is 0. The Balaban J connectivity index is 2.79. The molecule has 0 radical (unpaired) electrons. The van der Waals surface area contributed by atoms with Gasteiger partial charge in [-0.15, -0.1) is 0 Å². The number of hydrogen-bond donors (Lipinski definition) is 4. The van der Waals surface area contributed by atoms with E-state index >= 15 is 0 Å². The van der Waals surface area contributed by atoms with E-state index < -0.39 is 17.9 Å². The maximum atomic E-state index is 12.3. The van der Waals surface area contributed by atoms with E-state index in [2.05, 4.69) is 43.6 Å². The molecular weight excluding hydrogens is 332 g/mol. The molecule has 1 fully saturated rings. The van der Waals surface area contributed by atoms with Crippen molar-refractivity contribution in [3.8, 4) is 6.07 Å². The molecule has 1 atom stereocenters. The zero-order chi connectivity index (χ0) is 20.1. The molecule has 26 heavy (non-hydrogen) atoms. The van der Waals surface area contributed by atoms with Crippen LogP contribution in [0.25, 0.3) is 0 Å². The summed E-state index contributed by atoms with van der Waals surface area (Å²) in [4.78, 5) is 23.6. The standard InChI is InChI=1S/C19H32N4O3/c1-12(2)7-15(17(25)26)22-16(24)13(10-20)11-21-14-8-18(3,4)23-19(5,6)9-14/h11-12,14-15,21,23H,7-9H2,1-6H3,(H,22,24)(H,25,26)/b13-11-. The van der Waals surface area contributed by atoms with E-state index in [-0.39, 0.29) is 28.6 Å². The van der Waals surface area contributed by atoms with E-state index in [4.69, 9.17) is 0 Å². The van der Waals surface area contributed by atoms with Crippen LogP contribution in [0, 0.1) is 17.2 Å². The van der Waals surface area contributed by atoms with Gasteiger partial charge < -0.3 is 21.1 Å². The third-order valence-corrected chi connectivity index (χ3v) is 4.33. The third kappa shape index (κ3) is 7.04. The number of nitrogens with zero attached hydrogens (tertiary/aromatic N) is 1. The van der Waals surface area contributed by atoms with E-state index in [1.165, 1.54) is 6.20 Å². The molecule has 146 valence electrons. The van der Waals surface area contributed by atoms with Crippen molar-refractivity contribution in [1.82, 2.24) is 16.0 Å². The fourth-order valence-corrected chi connectivity index (χ4v) is 3.72. The second-order valence-electron chi connectivity index (χ2n) is 8.83. The van der Waals surface area contributed by atoms with Gasteiger partial charge >= 0.3 is 5.97 Å². The summed E-state index contributed by atoms with van der Waals surface area (Å²) in [5, 5.41) is 27.7. The molecule has 1 heterocycles. The lowest BCUT2D eigenvalue weighted by molar-refractivity contribution is -0.141. The maximum Gasteiger partial charge on any atom is 0.326 e. The maximum absolute atomic E-state index is 12.3. The second kappa shape index (κ2) is 8.54. The normalized spacial score (nSPS) is 20.9. The summed E-state index contributed by atoms with van der Waals surface area (Å²) in [5.74, 6) is -1.65. The van der Waals surface area contributed by atoms with E-state index in [1.807, 2.05) is 19.9 Å². The summed E-state index contributed by atoms with van der Waals surface area (Å²) in [7, 11) is 0. The molecule has 7 heteroatoms. The number of hydrogen-bond acceptors (Lipinski definition) is 5. The Morgan fingerprint density at radius 2 is 1.81 bits per heavy atom. The quantitative estimate of drug-likeness (QED) is 0.405. The molecule has 7 nitrogen and oxygen atoms in total. The minimum Gasteiger partial charge on any atom is -0.480 e. The van der Waals surface area contributed by atoms with Crippen molar-refractivity contribution in [2.24, 2.45) is 5.92 Å². The van der Waals surface area contributed by atoms with Gasteiger partial charge in [0.2, 0.25) is 0 Å². The zero-order valence-electron chi connectivity index (χ0n) is 16.6. The van der Waals surface area contributed by atoms with Crippen LogP contribution in [0.4, 0.5) is 0 Å². The predicted octanol–water partition coefficient (Wildman–Crippen LogP) is 1.91. The van der Waals surface area contributed by atoms with Gasteiger partial charge in [0.05, 0.1) is 0 Å². The van der Waals surface area contributed by atoms with Crippen LogP contribution in [0.3, 0.4) is 0 Å². The van der Waals surface area contributed by atoms with Crippen molar-refractivity contribution in [1.29, 1.82) is 5.26 Å². The zero-order valence-corrected chi connectivity index (χ0v) is 16.6. The van der Waals surface area contributed by atoms with Crippen LogP contribution in [0.1, 0.15) is 60.8 Å². The summed E-state index contributed by atoms with van der Waals surface area (Å²) in [5.41, 5.74) is -0.240. The lowest BCUT2D eigenvalue weighted by atomic mass is 9.80. The lowest BCUT2D eigenvalue weighted by Gasteiger charge is -2.46. The van der Waals surface area contributed by atoms with Crippen molar-refractivity contribution >= 4 is 11.9 Å².